The van der Waals surface area contributed by atoms with Crippen LogP contribution in [0.25, 0.3) is 0 Å². The lowest BCUT2D eigenvalue weighted by atomic mass is 9.49. The van der Waals surface area contributed by atoms with Gasteiger partial charge in [0.15, 0.2) is 11.6 Å². The maximum atomic E-state index is 13.9. The highest BCUT2D eigenvalue weighted by Gasteiger charge is 2.76. The van der Waals surface area contributed by atoms with Crippen LogP contribution in [0.4, 0.5) is 0 Å². The van der Waals surface area contributed by atoms with Crippen molar-refractivity contribution in [2.75, 3.05) is 6.61 Å². The van der Waals surface area contributed by atoms with Crippen LogP contribution in [0.2, 0.25) is 0 Å². The molecule has 0 aromatic rings. The van der Waals surface area contributed by atoms with E-state index in [9.17, 15) is 14.4 Å². The number of allylic oxidation sites excluding steroid dienone is 2. The van der Waals surface area contributed by atoms with Crippen LogP contribution in [0.5, 0.6) is 0 Å². The van der Waals surface area contributed by atoms with Gasteiger partial charge in [-0.1, -0.05) is 25.8 Å². The highest BCUT2D eigenvalue weighted by molar-refractivity contribution is 6.24. The quantitative estimate of drug-likeness (QED) is 0.540. The Balaban J connectivity index is 1.82. The van der Waals surface area contributed by atoms with Crippen molar-refractivity contribution in [1.82, 2.24) is 0 Å². The second-order valence-corrected chi connectivity index (χ2v) is 10.1. The summed E-state index contributed by atoms with van der Waals surface area (Å²) in [5.74, 6) is -0.996. The van der Waals surface area contributed by atoms with E-state index in [-0.39, 0.29) is 40.9 Å². The standard InChI is InChI=1S/C23H28O5/c1-6-27-16-13-14-11(2)10-12(24)22(14,5)19(25)15(13)23-9-7-8-21(3,4)18(23)17(16)28-20(23)26/h10,14,16-18H,6-9H2,1-5H3/t14-,16+,17-,18+,22-,23+/m1/s1. The molecule has 1 saturated heterocycles. The molecule has 5 rings (SSSR count). The number of fused-ring (bicyclic) bond motifs is 2. The topological polar surface area (TPSA) is 69.7 Å². The minimum absolute atomic E-state index is 0.0951. The van der Waals surface area contributed by atoms with Crippen molar-refractivity contribution in [3.63, 3.8) is 0 Å². The predicted molar refractivity (Wildman–Crippen MR) is 101 cm³/mol. The molecule has 0 aromatic carbocycles. The van der Waals surface area contributed by atoms with Crippen molar-refractivity contribution in [2.45, 2.75) is 66.1 Å². The van der Waals surface area contributed by atoms with Crippen molar-refractivity contribution >= 4 is 17.5 Å². The van der Waals surface area contributed by atoms with Crippen LogP contribution in [0.3, 0.4) is 0 Å². The molecule has 0 N–H and O–H groups in total. The maximum absolute atomic E-state index is 13.9. The largest absolute Gasteiger partial charge is 0.458 e. The van der Waals surface area contributed by atoms with Crippen LogP contribution in [0.15, 0.2) is 22.8 Å². The monoisotopic (exact) mass is 384 g/mol. The maximum Gasteiger partial charge on any atom is 0.317 e. The molecule has 2 fully saturated rings. The van der Waals surface area contributed by atoms with Gasteiger partial charge >= 0.3 is 5.97 Å². The van der Waals surface area contributed by atoms with Crippen molar-refractivity contribution in [1.29, 1.82) is 0 Å². The van der Waals surface area contributed by atoms with E-state index in [1.807, 2.05) is 13.8 Å². The highest BCUT2D eigenvalue weighted by Crippen LogP contribution is 2.70. The van der Waals surface area contributed by atoms with E-state index in [1.165, 1.54) is 0 Å². The van der Waals surface area contributed by atoms with Gasteiger partial charge < -0.3 is 9.47 Å². The molecule has 0 aromatic heterocycles. The zero-order valence-electron chi connectivity index (χ0n) is 17.3. The Morgan fingerprint density at radius 2 is 1.89 bits per heavy atom. The van der Waals surface area contributed by atoms with E-state index in [0.717, 1.165) is 24.0 Å². The molecule has 1 heterocycles. The summed E-state index contributed by atoms with van der Waals surface area (Å²) in [6.45, 7) is 10.4. The lowest BCUT2D eigenvalue weighted by molar-refractivity contribution is -0.151. The Bertz CT molecular complexity index is 893. The van der Waals surface area contributed by atoms with Crippen LogP contribution in [0.1, 0.15) is 53.9 Å². The van der Waals surface area contributed by atoms with Gasteiger partial charge in [0.1, 0.15) is 23.0 Å². The van der Waals surface area contributed by atoms with Gasteiger partial charge in [0, 0.05) is 24.0 Å². The minimum atomic E-state index is -1.13. The third-order valence-corrected chi connectivity index (χ3v) is 8.30. The van der Waals surface area contributed by atoms with Crippen LogP contribution >= 0.6 is 0 Å². The summed E-state index contributed by atoms with van der Waals surface area (Å²) < 4.78 is 12.2. The summed E-state index contributed by atoms with van der Waals surface area (Å²) in [5, 5.41) is 0. The second-order valence-electron chi connectivity index (χ2n) is 10.1. The average molecular weight is 384 g/mol. The molecule has 150 valence electrons. The Morgan fingerprint density at radius 3 is 2.57 bits per heavy atom. The number of rotatable bonds is 2. The van der Waals surface area contributed by atoms with E-state index in [2.05, 4.69) is 13.8 Å². The Morgan fingerprint density at radius 1 is 1.18 bits per heavy atom. The first-order valence-electron chi connectivity index (χ1n) is 10.5. The summed E-state index contributed by atoms with van der Waals surface area (Å²) in [7, 11) is 0. The van der Waals surface area contributed by atoms with Crippen LogP contribution in [0, 0.1) is 28.1 Å². The molecular formula is C23H28O5. The molecular weight excluding hydrogens is 356 g/mol. The van der Waals surface area contributed by atoms with Crippen molar-refractivity contribution in [2.24, 2.45) is 28.1 Å². The molecule has 0 amide bonds. The number of hydrogen-bond acceptors (Lipinski definition) is 5. The highest BCUT2D eigenvalue weighted by atomic mass is 16.6. The van der Waals surface area contributed by atoms with Crippen molar-refractivity contribution in [3.05, 3.63) is 22.8 Å². The van der Waals surface area contributed by atoms with Crippen LogP contribution < -0.4 is 0 Å². The first-order valence-corrected chi connectivity index (χ1v) is 10.5. The lowest BCUT2D eigenvalue weighted by Gasteiger charge is -2.51. The molecule has 4 aliphatic carbocycles. The molecule has 28 heavy (non-hydrogen) atoms. The van der Waals surface area contributed by atoms with E-state index in [4.69, 9.17) is 9.47 Å². The molecule has 0 radical (unpaired) electrons. The van der Waals surface area contributed by atoms with Crippen LogP contribution in [-0.2, 0) is 23.9 Å². The van der Waals surface area contributed by atoms with Gasteiger partial charge in [-0.05, 0) is 50.7 Å². The fourth-order valence-electron chi connectivity index (χ4n) is 7.35. The average Bonchev–Trinajstić information content (AvgIpc) is 3.11. The molecule has 5 nitrogen and oxygen atoms in total. The first-order chi connectivity index (χ1) is 13.1. The molecule has 2 bridgehead atoms. The van der Waals surface area contributed by atoms with Gasteiger partial charge in [-0.15, -0.1) is 0 Å². The number of ketones is 2. The number of carbonyl (C=O) groups excluding carboxylic acids is 3. The molecule has 1 saturated carbocycles. The number of esters is 1. The molecule has 6 atom stereocenters. The van der Waals surface area contributed by atoms with Gasteiger partial charge in [-0.2, -0.15) is 0 Å². The minimum Gasteiger partial charge on any atom is -0.458 e. The Hall–Kier alpha value is -1.75. The summed E-state index contributed by atoms with van der Waals surface area (Å²) in [6.07, 6.45) is 3.25. The molecule has 1 aliphatic heterocycles. The Kier molecular flexibility index (Phi) is 3.42. The van der Waals surface area contributed by atoms with Crippen LogP contribution in [-0.4, -0.2) is 36.4 Å². The Labute approximate surface area is 165 Å². The lowest BCUT2D eigenvalue weighted by Crippen LogP contribution is -2.55. The number of ether oxygens (including phenoxy) is 2. The fourth-order valence-corrected chi connectivity index (χ4v) is 7.35. The summed E-state index contributed by atoms with van der Waals surface area (Å²) in [4.78, 5) is 40.1. The van der Waals surface area contributed by atoms with Gasteiger partial charge in [0.05, 0.1) is 0 Å². The first kappa shape index (κ1) is 18.3. The molecule has 0 spiro atoms. The molecule has 0 unspecified atom stereocenters. The van der Waals surface area contributed by atoms with Gasteiger partial charge in [0.25, 0.3) is 0 Å². The predicted octanol–water partition coefficient (Wildman–Crippen LogP) is 3.17. The number of hydrogen-bond donors (Lipinski definition) is 0. The summed E-state index contributed by atoms with van der Waals surface area (Å²) in [5.41, 5.74) is 0.133. The van der Waals surface area contributed by atoms with Gasteiger partial charge in [0.2, 0.25) is 0 Å². The van der Waals surface area contributed by atoms with Crippen molar-refractivity contribution < 1.29 is 23.9 Å². The molecule has 5 aliphatic rings. The SMILES string of the molecule is CCO[C@H]1C2=C(C(=O)[C@]3(C)C(=O)C=C(C)[C@H]23)[C@@]23CCCC(C)(C)[C@@H]2[C@@H]1OC3=O. The zero-order valence-corrected chi connectivity index (χ0v) is 17.3. The summed E-state index contributed by atoms with van der Waals surface area (Å²) >= 11 is 0. The third kappa shape index (κ3) is 1.72. The van der Waals surface area contributed by atoms with E-state index in [1.54, 1.807) is 13.0 Å². The third-order valence-electron chi connectivity index (χ3n) is 8.30. The smallest absolute Gasteiger partial charge is 0.317 e. The summed E-state index contributed by atoms with van der Waals surface area (Å²) in [6, 6.07) is 0. The fraction of sp³-hybridized carbons (Fsp3) is 0.696. The normalized spacial score (nSPS) is 45.6. The van der Waals surface area contributed by atoms with Gasteiger partial charge in [-0.25, -0.2) is 0 Å². The van der Waals surface area contributed by atoms with Crippen molar-refractivity contribution in [3.8, 4) is 0 Å². The van der Waals surface area contributed by atoms with E-state index >= 15 is 0 Å². The second kappa shape index (κ2) is 5.24. The number of Topliss-reactive ketones (excluding diaryl/α,β-unsaturated/α-hetero) is 1. The van der Waals surface area contributed by atoms with Gasteiger partial charge in [-0.3, -0.25) is 14.4 Å². The van der Waals surface area contributed by atoms with E-state index in [0.29, 0.717) is 18.6 Å². The molecule has 5 heteroatoms. The van der Waals surface area contributed by atoms with E-state index < -0.39 is 16.9 Å². The number of carbonyl (C=O) groups is 3. The zero-order chi connectivity index (χ0) is 20.2.